The first-order valence-corrected chi connectivity index (χ1v) is 9.70. The summed E-state index contributed by atoms with van der Waals surface area (Å²) in [7, 11) is 0. The van der Waals surface area contributed by atoms with Crippen molar-refractivity contribution in [2.24, 2.45) is 0 Å². The highest BCUT2D eigenvalue weighted by Crippen LogP contribution is 2.33. The number of ether oxygens (including phenoxy) is 1. The highest BCUT2D eigenvalue weighted by molar-refractivity contribution is 7.99. The normalized spacial score (nSPS) is 10.3. The Hall–Kier alpha value is -2.57. The van der Waals surface area contributed by atoms with Crippen LogP contribution >= 0.6 is 23.1 Å². The second-order valence-electron chi connectivity index (χ2n) is 5.38. The van der Waals surface area contributed by atoms with Crippen LogP contribution < -0.4 is 5.32 Å². The van der Waals surface area contributed by atoms with Crippen LogP contribution in [0.2, 0.25) is 0 Å². The Labute approximate surface area is 160 Å². The van der Waals surface area contributed by atoms with Gasteiger partial charge in [0.2, 0.25) is 0 Å². The van der Waals surface area contributed by atoms with E-state index in [0.717, 1.165) is 14.7 Å². The summed E-state index contributed by atoms with van der Waals surface area (Å²) in [6.07, 6.45) is 0.186. The third-order valence-corrected chi connectivity index (χ3v) is 5.36. The van der Waals surface area contributed by atoms with Crippen LogP contribution in [0.4, 0.5) is 5.69 Å². The molecule has 1 aromatic heterocycles. The van der Waals surface area contributed by atoms with Gasteiger partial charge in [-0.1, -0.05) is 48.2 Å². The minimum atomic E-state index is -0.408. The highest BCUT2D eigenvalue weighted by atomic mass is 32.2. The summed E-state index contributed by atoms with van der Waals surface area (Å²) in [5.74, 6) is -0.764. The standard InChI is InChI=1S/C20H17NO3S2/c22-19(14-24-20(23)13-16-9-6-12-25-16)21-17-10-4-5-11-18(17)26-15-7-2-1-3-8-15/h1-12H,13-14H2,(H,21,22). The molecule has 0 aliphatic heterocycles. The number of carbonyl (C=O) groups is 2. The summed E-state index contributed by atoms with van der Waals surface area (Å²) in [4.78, 5) is 26.8. The first-order chi connectivity index (χ1) is 12.7. The fourth-order valence-electron chi connectivity index (χ4n) is 2.21. The lowest BCUT2D eigenvalue weighted by molar-refractivity contribution is -0.146. The Bertz CT molecular complexity index is 864. The first kappa shape index (κ1) is 18.2. The fraction of sp³-hybridized carbons (Fsp3) is 0.100. The maximum Gasteiger partial charge on any atom is 0.311 e. The Balaban J connectivity index is 1.55. The molecule has 0 saturated carbocycles. The molecule has 0 bridgehead atoms. The van der Waals surface area contributed by atoms with Crippen LogP contribution in [0.1, 0.15) is 4.88 Å². The van der Waals surface area contributed by atoms with Gasteiger partial charge in [-0.3, -0.25) is 9.59 Å². The predicted molar refractivity (Wildman–Crippen MR) is 105 cm³/mol. The number of hydrogen-bond acceptors (Lipinski definition) is 5. The smallest absolute Gasteiger partial charge is 0.311 e. The number of amides is 1. The number of hydrogen-bond donors (Lipinski definition) is 1. The molecule has 0 fully saturated rings. The van der Waals surface area contributed by atoms with Crippen LogP contribution in [0.25, 0.3) is 0 Å². The zero-order valence-electron chi connectivity index (χ0n) is 13.9. The molecule has 0 unspecified atom stereocenters. The molecule has 0 aliphatic rings. The molecule has 0 radical (unpaired) electrons. The van der Waals surface area contributed by atoms with E-state index in [0.29, 0.717) is 5.69 Å². The van der Waals surface area contributed by atoms with Gasteiger partial charge in [0, 0.05) is 14.7 Å². The van der Waals surface area contributed by atoms with Gasteiger partial charge >= 0.3 is 5.97 Å². The van der Waals surface area contributed by atoms with E-state index < -0.39 is 5.97 Å². The zero-order chi connectivity index (χ0) is 18.2. The Morgan fingerprint density at radius 3 is 2.50 bits per heavy atom. The monoisotopic (exact) mass is 383 g/mol. The number of nitrogens with one attached hydrogen (secondary N) is 1. The van der Waals surface area contributed by atoms with Crippen LogP contribution in [-0.4, -0.2) is 18.5 Å². The summed E-state index contributed by atoms with van der Waals surface area (Å²) in [5, 5.41) is 4.71. The first-order valence-electron chi connectivity index (χ1n) is 8.00. The van der Waals surface area contributed by atoms with Crippen molar-refractivity contribution in [3.63, 3.8) is 0 Å². The molecule has 1 amide bonds. The minimum absolute atomic E-state index is 0.186. The molecule has 0 atom stereocenters. The molecule has 0 spiro atoms. The van der Waals surface area contributed by atoms with Crippen molar-refractivity contribution in [2.45, 2.75) is 16.2 Å². The van der Waals surface area contributed by atoms with Gasteiger partial charge < -0.3 is 10.1 Å². The van der Waals surface area contributed by atoms with Crippen LogP contribution in [0, 0.1) is 0 Å². The average Bonchev–Trinajstić information content (AvgIpc) is 3.15. The van der Waals surface area contributed by atoms with E-state index in [4.69, 9.17) is 4.74 Å². The number of anilines is 1. The van der Waals surface area contributed by atoms with E-state index in [1.54, 1.807) is 11.8 Å². The molecule has 0 aliphatic carbocycles. The molecule has 6 heteroatoms. The SMILES string of the molecule is O=C(COC(=O)Cc1cccs1)Nc1ccccc1Sc1ccccc1. The molecule has 1 N–H and O–H groups in total. The quantitative estimate of drug-likeness (QED) is 0.605. The van der Waals surface area contributed by atoms with E-state index in [-0.39, 0.29) is 18.9 Å². The molecular weight excluding hydrogens is 366 g/mol. The number of para-hydroxylation sites is 1. The Morgan fingerprint density at radius 1 is 0.962 bits per heavy atom. The summed E-state index contributed by atoms with van der Waals surface area (Å²) >= 11 is 3.05. The van der Waals surface area contributed by atoms with E-state index in [2.05, 4.69) is 5.32 Å². The van der Waals surface area contributed by atoms with Gasteiger partial charge in [-0.05, 0) is 35.7 Å². The van der Waals surface area contributed by atoms with Gasteiger partial charge in [0.1, 0.15) is 0 Å². The van der Waals surface area contributed by atoms with Gasteiger partial charge in [0.25, 0.3) is 5.91 Å². The van der Waals surface area contributed by atoms with Gasteiger partial charge in [-0.25, -0.2) is 0 Å². The number of esters is 1. The molecule has 3 aromatic rings. The topological polar surface area (TPSA) is 55.4 Å². The molecular formula is C20H17NO3S2. The third-order valence-electron chi connectivity index (χ3n) is 3.40. The van der Waals surface area contributed by atoms with E-state index in [1.807, 2.05) is 72.1 Å². The fourth-order valence-corrected chi connectivity index (χ4v) is 3.83. The highest BCUT2D eigenvalue weighted by Gasteiger charge is 2.11. The molecule has 0 saturated heterocycles. The largest absolute Gasteiger partial charge is 0.455 e. The van der Waals surface area contributed by atoms with Gasteiger partial charge in [0.05, 0.1) is 12.1 Å². The molecule has 1 heterocycles. The van der Waals surface area contributed by atoms with Crippen molar-refractivity contribution in [2.75, 3.05) is 11.9 Å². The minimum Gasteiger partial charge on any atom is -0.455 e. The molecule has 4 nitrogen and oxygen atoms in total. The number of thiophene rings is 1. The second kappa shape index (κ2) is 9.22. The molecule has 26 heavy (non-hydrogen) atoms. The summed E-state index contributed by atoms with van der Waals surface area (Å²) in [5.41, 5.74) is 0.695. The van der Waals surface area contributed by atoms with Crippen molar-refractivity contribution < 1.29 is 14.3 Å². The third kappa shape index (κ3) is 5.47. The summed E-state index contributed by atoms with van der Waals surface area (Å²) in [6.45, 7) is -0.297. The lowest BCUT2D eigenvalue weighted by atomic mass is 10.3. The van der Waals surface area contributed by atoms with Crippen LogP contribution in [0.5, 0.6) is 0 Å². The van der Waals surface area contributed by atoms with Crippen LogP contribution in [-0.2, 0) is 20.7 Å². The molecule has 132 valence electrons. The van der Waals surface area contributed by atoms with Crippen LogP contribution in [0.3, 0.4) is 0 Å². The van der Waals surface area contributed by atoms with Gasteiger partial charge in [-0.2, -0.15) is 0 Å². The number of rotatable bonds is 7. The maximum atomic E-state index is 12.1. The Kier molecular flexibility index (Phi) is 6.46. The van der Waals surface area contributed by atoms with E-state index in [1.165, 1.54) is 11.3 Å². The average molecular weight is 383 g/mol. The predicted octanol–water partition coefficient (Wildman–Crippen LogP) is 4.62. The van der Waals surface area contributed by atoms with Crippen molar-refractivity contribution in [1.82, 2.24) is 0 Å². The summed E-state index contributed by atoms with van der Waals surface area (Å²) in [6, 6.07) is 21.2. The zero-order valence-corrected chi connectivity index (χ0v) is 15.5. The lowest BCUT2D eigenvalue weighted by Crippen LogP contribution is -2.21. The van der Waals surface area contributed by atoms with Gasteiger partial charge in [-0.15, -0.1) is 11.3 Å². The van der Waals surface area contributed by atoms with Crippen molar-refractivity contribution in [1.29, 1.82) is 0 Å². The number of carbonyl (C=O) groups excluding carboxylic acids is 2. The molecule has 2 aromatic carbocycles. The van der Waals surface area contributed by atoms with Crippen molar-refractivity contribution >= 4 is 40.7 Å². The van der Waals surface area contributed by atoms with E-state index >= 15 is 0 Å². The van der Waals surface area contributed by atoms with Gasteiger partial charge in [0.15, 0.2) is 6.61 Å². The van der Waals surface area contributed by atoms with Crippen LogP contribution in [0.15, 0.2) is 81.9 Å². The lowest BCUT2D eigenvalue weighted by Gasteiger charge is -2.11. The van der Waals surface area contributed by atoms with E-state index in [9.17, 15) is 9.59 Å². The second-order valence-corrected chi connectivity index (χ2v) is 7.52. The van der Waals surface area contributed by atoms with Crippen molar-refractivity contribution in [3.8, 4) is 0 Å². The summed E-state index contributed by atoms with van der Waals surface area (Å²) < 4.78 is 5.06. The maximum absolute atomic E-state index is 12.1. The number of benzene rings is 2. The Morgan fingerprint density at radius 2 is 1.73 bits per heavy atom. The molecule has 3 rings (SSSR count). The van der Waals surface area contributed by atoms with Crippen molar-refractivity contribution in [3.05, 3.63) is 77.0 Å².